The number of carbonyl (C=O) groups is 1. The highest BCUT2D eigenvalue weighted by Crippen LogP contribution is 2.15. The van der Waals surface area contributed by atoms with Crippen molar-refractivity contribution < 1.29 is 9.53 Å². The van der Waals surface area contributed by atoms with Crippen molar-refractivity contribution in [2.75, 3.05) is 65.6 Å². The molecule has 3 aliphatic heterocycles. The number of piperazine rings is 1. The van der Waals surface area contributed by atoms with Gasteiger partial charge in [-0.3, -0.25) is 14.7 Å². The number of likely N-dealkylation sites (tertiary alicyclic amines) is 1. The molecule has 2 atom stereocenters. The van der Waals surface area contributed by atoms with E-state index < -0.39 is 0 Å². The molecule has 0 spiro atoms. The monoisotopic (exact) mass is 365 g/mol. The lowest BCUT2D eigenvalue weighted by atomic mass is 10.1. The number of rotatable bonds is 5. The SMILES string of the molecule is CCNC(=NCC1CCOC1)N1CCN(C(C)C(=O)N2CCCC2)CC1. The summed E-state index contributed by atoms with van der Waals surface area (Å²) < 4.78 is 5.45. The minimum Gasteiger partial charge on any atom is -0.381 e. The first-order valence-corrected chi connectivity index (χ1v) is 10.3. The van der Waals surface area contributed by atoms with Crippen molar-refractivity contribution in [3.63, 3.8) is 0 Å². The fourth-order valence-electron chi connectivity index (χ4n) is 4.05. The van der Waals surface area contributed by atoms with E-state index in [-0.39, 0.29) is 6.04 Å². The van der Waals surface area contributed by atoms with Gasteiger partial charge < -0.3 is 19.9 Å². The Balaban J connectivity index is 1.50. The lowest BCUT2D eigenvalue weighted by molar-refractivity contribution is -0.135. The Bertz CT molecular complexity index is 478. The molecule has 3 fully saturated rings. The van der Waals surface area contributed by atoms with Crippen LogP contribution in [0, 0.1) is 5.92 Å². The molecule has 148 valence electrons. The quantitative estimate of drug-likeness (QED) is 0.572. The number of guanidine groups is 1. The molecule has 0 saturated carbocycles. The van der Waals surface area contributed by atoms with Gasteiger partial charge >= 0.3 is 0 Å². The van der Waals surface area contributed by atoms with Crippen LogP contribution in [0.2, 0.25) is 0 Å². The molecule has 0 bridgehead atoms. The molecule has 26 heavy (non-hydrogen) atoms. The summed E-state index contributed by atoms with van der Waals surface area (Å²) in [7, 11) is 0. The average Bonchev–Trinajstić information content (AvgIpc) is 3.38. The lowest BCUT2D eigenvalue weighted by Gasteiger charge is -2.39. The summed E-state index contributed by atoms with van der Waals surface area (Å²) in [6.45, 7) is 13.2. The van der Waals surface area contributed by atoms with Gasteiger partial charge in [0.25, 0.3) is 0 Å². The molecule has 0 aromatic rings. The summed E-state index contributed by atoms with van der Waals surface area (Å²) in [6.07, 6.45) is 3.42. The number of amides is 1. The topological polar surface area (TPSA) is 60.4 Å². The predicted octanol–water partition coefficient (Wildman–Crippen LogP) is 0.617. The Kier molecular flexibility index (Phi) is 7.14. The zero-order chi connectivity index (χ0) is 18.4. The van der Waals surface area contributed by atoms with Crippen molar-refractivity contribution in [2.45, 2.75) is 39.2 Å². The summed E-state index contributed by atoms with van der Waals surface area (Å²) in [4.78, 5) is 24.2. The van der Waals surface area contributed by atoms with Crippen molar-refractivity contribution in [1.29, 1.82) is 0 Å². The molecule has 3 saturated heterocycles. The molecule has 1 N–H and O–H groups in total. The summed E-state index contributed by atoms with van der Waals surface area (Å²) in [5.74, 6) is 1.87. The Labute approximate surface area is 157 Å². The third-order valence-corrected chi connectivity index (χ3v) is 5.79. The van der Waals surface area contributed by atoms with Gasteiger partial charge in [-0.1, -0.05) is 0 Å². The highest BCUT2D eigenvalue weighted by molar-refractivity contribution is 5.82. The van der Waals surface area contributed by atoms with E-state index in [0.29, 0.717) is 11.8 Å². The van der Waals surface area contributed by atoms with Gasteiger partial charge in [-0.05, 0) is 33.1 Å². The number of aliphatic imine (C=N–C) groups is 1. The first-order valence-electron chi connectivity index (χ1n) is 10.3. The molecular weight excluding hydrogens is 330 g/mol. The van der Waals surface area contributed by atoms with Crippen molar-refractivity contribution in [2.24, 2.45) is 10.9 Å². The predicted molar refractivity (Wildman–Crippen MR) is 103 cm³/mol. The van der Waals surface area contributed by atoms with Crippen molar-refractivity contribution in [3.05, 3.63) is 0 Å². The van der Waals surface area contributed by atoms with Crippen LogP contribution in [-0.2, 0) is 9.53 Å². The second-order valence-electron chi connectivity index (χ2n) is 7.66. The number of nitrogens with one attached hydrogen (secondary N) is 1. The van der Waals surface area contributed by atoms with Crippen LogP contribution in [0.1, 0.15) is 33.1 Å². The zero-order valence-corrected chi connectivity index (χ0v) is 16.5. The molecule has 1 amide bonds. The molecule has 3 aliphatic rings. The molecule has 0 aromatic carbocycles. The molecular formula is C19H35N5O2. The average molecular weight is 366 g/mol. The fraction of sp³-hybridized carbons (Fsp3) is 0.895. The molecule has 7 nitrogen and oxygen atoms in total. The lowest BCUT2D eigenvalue weighted by Crippen LogP contribution is -2.57. The second-order valence-corrected chi connectivity index (χ2v) is 7.66. The maximum atomic E-state index is 12.6. The summed E-state index contributed by atoms with van der Waals surface area (Å²) in [5, 5.41) is 3.43. The van der Waals surface area contributed by atoms with Gasteiger partial charge in [0.2, 0.25) is 5.91 Å². The molecule has 0 aliphatic carbocycles. The second kappa shape index (κ2) is 9.55. The summed E-state index contributed by atoms with van der Waals surface area (Å²) >= 11 is 0. The van der Waals surface area contributed by atoms with Gasteiger partial charge in [0, 0.05) is 64.9 Å². The molecule has 0 radical (unpaired) electrons. The maximum Gasteiger partial charge on any atom is 0.239 e. The van der Waals surface area contributed by atoms with Gasteiger partial charge in [0.05, 0.1) is 12.6 Å². The fourth-order valence-corrected chi connectivity index (χ4v) is 4.05. The normalized spacial score (nSPS) is 26.4. The largest absolute Gasteiger partial charge is 0.381 e. The highest BCUT2D eigenvalue weighted by atomic mass is 16.5. The van der Waals surface area contributed by atoms with Crippen LogP contribution in [0.15, 0.2) is 4.99 Å². The molecule has 3 rings (SSSR count). The minimum atomic E-state index is -0.00888. The van der Waals surface area contributed by atoms with Gasteiger partial charge in [-0.2, -0.15) is 0 Å². The molecule has 7 heteroatoms. The van der Waals surface area contributed by atoms with Crippen molar-refractivity contribution in [1.82, 2.24) is 20.0 Å². The summed E-state index contributed by atoms with van der Waals surface area (Å²) in [5.41, 5.74) is 0. The van der Waals surface area contributed by atoms with Gasteiger partial charge in [-0.25, -0.2) is 0 Å². The van der Waals surface area contributed by atoms with Gasteiger partial charge in [0.1, 0.15) is 0 Å². The Morgan fingerprint density at radius 1 is 1.15 bits per heavy atom. The molecule has 2 unspecified atom stereocenters. The van der Waals surface area contributed by atoms with Crippen LogP contribution in [0.25, 0.3) is 0 Å². The van der Waals surface area contributed by atoms with E-state index in [1.165, 1.54) is 0 Å². The van der Waals surface area contributed by atoms with Crippen LogP contribution >= 0.6 is 0 Å². The zero-order valence-electron chi connectivity index (χ0n) is 16.5. The van der Waals surface area contributed by atoms with Crippen LogP contribution in [0.3, 0.4) is 0 Å². The van der Waals surface area contributed by atoms with E-state index in [4.69, 9.17) is 9.73 Å². The number of nitrogens with zero attached hydrogens (tertiary/aromatic N) is 4. The Hall–Kier alpha value is -1.34. The van der Waals surface area contributed by atoms with Gasteiger partial charge in [-0.15, -0.1) is 0 Å². The van der Waals surface area contributed by atoms with E-state index >= 15 is 0 Å². The van der Waals surface area contributed by atoms with E-state index in [1.807, 2.05) is 4.90 Å². The minimum absolute atomic E-state index is 0.00888. The van der Waals surface area contributed by atoms with Crippen LogP contribution < -0.4 is 5.32 Å². The number of hydrogen-bond donors (Lipinski definition) is 1. The smallest absolute Gasteiger partial charge is 0.239 e. The van der Waals surface area contributed by atoms with Gasteiger partial charge in [0.15, 0.2) is 5.96 Å². The first-order chi connectivity index (χ1) is 12.7. The maximum absolute atomic E-state index is 12.6. The molecule has 3 heterocycles. The summed E-state index contributed by atoms with van der Waals surface area (Å²) in [6, 6.07) is -0.00888. The highest BCUT2D eigenvalue weighted by Gasteiger charge is 2.30. The third-order valence-electron chi connectivity index (χ3n) is 5.79. The van der Waals surface area contributed by atoms with E-state index in [1.54, 1.807) is 0 Å². The number of ether oxygens (including phenoxy) is 1. The Morgan fingerprint density at radius 3 is 2.50 bits per heavy atom. The van der Waals surface area contributed by atoms with Crippen LogP contribution in [-0.4, -0.2) is 98.2 Å². The van der Waals surface area contributed by atoms with E-state index in [2.05, 4.69) is 29.0 Å². The van der Waals surface area contributed by atoms with E-state index in [9.17, 15) is 4.79 Å². The number of carbonyl (C=O) groups excluding carboxylic acids is 1. The number of hydrogen-bond acceptors (Lipinski definition) is 4. The third kappa shape index (κ3) is 4.88. The molecule has 0 aromatic heterocycles. The Morgan fingerprint density at radius 2 is 1.88 bits per heavy atom. The first kappa shape index (κ1) is 19.4. The van der Waals surface area contributed by atoms with E-state index in [0.717, 1.165) is 90.8 Å². The standard InChI is InChI=1S/C19H35N5O2/c1-3-20-19(21-14-17-6-13-26-15-17)24-11-9-22(10-12-24)16(2)18(25)23-7-4-5-8-23/h16-17H,3-15H2,1-2H3,(H,20,21). The van der Waals surface area contributed by atoms with Crippen molar-refractivity contribution in [3.8, 4) is 0 Å². The van der Waals surface area contributed by atoms with Crippen LogP contribution in [0.5, 0.6) is 0 Å². The van der Waals surface area contributed by atoms with Crippen molar-refractivity contribution >= 4 is 11.9 Å². The van der Waals surface area contributed by atoms with Crippen LogP contribution in [0.4, 0.5) is 0 Å².